The molecular formula is C24H26N2O3S. The van der Waals surface area contributed by atoms with Gasteiger partial charge in [0.15, 0.2) is 0 Å². The summed E-state index contributed by atoms with van der Waals surface area (Å²) >= 11 is 0. The van der Waals surface area contributed by atoms with Crippen LogP contribution in [0.4, 0.5) is 5.69 Å². The second kappa shape index (κ2) is 9.13. The van der Waals surface area contributed by atoms with Crippen LogP contribution in [0.25, 0.3) is 0 Å². The van der Waals surface area contributed by atoms with Crippen molar-refractivity contribution in [1.82, 2.24) is 5.32 Å². The molecule has 3 aromatic rings. The van der Waals surface area contributed by atoms with Crippen LogP contribution in [0.3, 0.4) is 0 Å². The minimum atomic E-state index is -3.80. The zero-order valence-electron chi connectivity index (χ0n) is 17.3. The maximum atomic E-state index is 12.8. The zero-order chi connectivity index (χ0) is 21.7. The first-order valence-corrected chi connectivity index (χ1v) is 11.3. The Bertz CT molecular complexity index is 1120. The predicted octanol–water partition coefficient (Wildman–Crippen LogP) is 4.99. The Balaban J connectivity index is 1.78. The number of rotatable bonds is 7. The van der Waals surface area contributed by atoms with Crippen LogP contribution in [0.5, 0.6) is 0 Å². The summed E-state index contributed by atoms with van der Waals surface area (Å²) in [5.41, 5.74) is 3.98. The van der Waals surface area contributed by atoms with E-state index in [0.29, 0.717) is 11.3 Å². The number of aryl methyl sites for hydroxylation is 2. The zero-order valence-corrected chi connectivity index (χ0v) is 18.2. The molecule has 0 bridgehead atoms. The molecule has 0 spiro atoms. The number of sulfonamides is 1. The molecule has 0 aliphatic heterocycles. The minimum Gasteiger partial charge on any atom is -0.345 e. The Morgan fingerprint density at radius 2 is 1.50 bits per heavy atom. The molecule has 0 saturated heterocycles. The highest BCUT2D eigenvalue weighted by atomic mass is 32.2. The first kappa shape index (κ1) is 21.6. The fourth-order valence-corrected chi connectivity index (χ4v) is 4.21. The minimum absolute atomic E-state index is 0.0408. The van der Waals surface area contributed by atoms with Crippen LogP contribution in [0, 0.1) is 13.8 Å². The van der Waals surface area contributed by atoms with Crippen LogP contribution < -0.4 is 10.0 Å². The smallest absolute Gasteiger partial charge is 0.261 e. The SMILES string of the molecule is CC[C@H](NC(=O)c1cccc(S(=O)(=O)Nc2ccc(C)cc2)c1)c1ccc(C)cc1. The van der Waals surface area contributed by atoms with Crippen molar-refractivity contribution in [3.8, 4) is 0 Å². The maximum Gasteiger partial charge on any atom is 0.261 e. The van der Waals surface area contributed by atoms with Gasteiger partial charge in [0.25, 0.3) is 15.9 Å². The van der Waals surface area contributed by atoms with Gasteiger partial charge in [-0.1, -0.05) is 60.5 Å². The Hall–Kier alpha value is -3.12. The molecule has 6 heteroatoms. The lowest BCUT2D eigenvalue weighted by Gasteiger charge is -2.18. The van der Waals surface area contributed by atoms with Crippen LogP contribution in [0.15, 0.2) is 77.7 Å². The molecule has 2 N–H and O–H groups in total. The predicted molar refractivity (Wildman–Crippen MR) is 120 cm³/mol. The number of carbonyl (C=O) groups excluding carboxylic acids is 1. The van der Waals surface area contributed by atoms with E-state index in [2.05, 4.69) is 10.0 Å². The van der Waals surface area contributed by atoms with Crippen LogP contribution in [0.2, 0.25) is 0 Å². The highest BCUT2D eigenvalue weighted by Crippen LogP contribution is 2.20. The molecule has 30 heavy (non-hydrogen) atoms. The Morgan fingerprint density at radius 3 is 2.10 bits per heavy atom. The van der Waals surface area contributed by atoms with Crippen molar-refractivity contribution < 1.29 is 13.2 Å². The number of benzene rings is 3. The molecule has 0 aliphatic carbocycles. The first-order valence-electron chi connectivity index (χ1n) is 9.85. The van der Waals surface area contributed by atoms with Crippen LogP contribution >= 0.6 is 0 Å². The quantitative estimate of drug-likeness (QED) is 0.563. The number of anilines is 1. The average Bonchev–Trinajstić information content (AvgIpc) is 2.74. The molecule has 5 nitrogen and oxygen atoms in total. The summed E-state index contributed by atoms with van der Waals surface area (Å²) in [6.45, 7) is 5.94. The summed E-state index contributed by atoms with van der Waals surface area (Å²) in [7, 11) is -3.80. The maximum absolute atomic E-state index is 12.8. The molecule has 0 unspecified atom stereocenters. The summed E-state index contributed by atoms with van der Waals surface area (Å²) in [6.07, 6.45) is 0.724. The largest absolute Gasteiger partial charge is 0.345 e. The van der Waals surface area contributed by atoms with Crippen LogP contribution in [0.1, 0.15) is 46.4 Å². The van der Waals surface area contributed by atoms with Crippen molar-refractivity contribution in [2.24, 2.45) is 0 Å². The fourth-order valence-electron chi connectivity index (χ4n) is 3.10. The Morgan fingerprint density at radius 1 is 0.900 bits per heavy atom. The van der Waals surface area contributed by atoms with E-state index in [9.17, 15) is 13.2 Å². The standard InChI is InChI=1S/C24H26N2O3S/c1-4-23(19-12-8-17(2)9-13-19)25-24(27)20-6-5-7-22(16-20)30(28,29)26-21-14-10-18(3)11-15-21/h5-16,23,26H,4H2,1-3H3,(H,25,27)/t23-/m0/s1. The van der Waals surface area contributed by atoms with E-state index in [1.165, 1.54) is 12.1 Å². The van der Waals surface area contributed by atoms with Gasteiger partial charge in [-0.25, -0.2) is 8.42 Å². The third-order valence-electron chi connectivity index (χ3n) is 4.90. The third-order valence-corrected chi connectivity index (χ3v) is 6.28. The van der Waals surface area contributed by atoms with E-state index in [4.69, 9.17) is 0 Å². The summed E-state index contributed by atoms with van der Waals surface area (Å²) in [5, 5.41) is 3.00. The molecule has 1 amide bonds. The average molecular weight is 423 g/mol. The number of nitrogens with one attached hydrogen (secondary N) is 2. The van der Waals surface area contributed by atoms with Gasteiger partial charge in [-0.2, -0.15) is 0 Å². The topological polar surface area (TPSA) is 75.3 Å². The molecule has 3 aromatic carbocycles. The van der Waals surface area contributed by atoms with Gasteiger partial charge in [-0.3, -0.25) is 9.52 Å². The van der Waals surface area contributed by atoms with E-state index in [0.717, 1.165) is 23.1 Å². The molecule has 0 saturated carbocycles. The summed E-state index contributed by atoms with van der Waals surface area (Å²) < 4.78 is 28.1. The van der Waals surface area contributed by atoms with E-state index in [1.54, 1.807) is 24.3 Å². The molecule has 0 radical (unpaired) electrons. The molecule has 1 atom stereocenters. The van der Waals surface area contributed by atoms with Gasteiger partial charge in [0.1, 0.15) is 0 Å². The highest BCUT2D eigenvalue weighted by molar-refractivity contribution is 7.92. The molecule has 156 valence electrons. The summed E-state index contributed by atoms with van der Waals surface area (Å²) in [5.74, 6) is -0.310. The third kappa shape index (κ3) is 5.27. The molecule has 0 heterocycles. The summed E-state index contributed by atoms with van der Waals surface area (Å²) in [6, 6.07) is 21.0. The molecular weight excluding hydrogens is 396 g/mol. The van der Waals surface area contributed by atoms with E-state index in [-0.39, 0.29) is 16.8 Å². The van der Waals surface area contributed by atoms with Crippen molar-refractivity contribution >= 4 is 21.6 Å². The van der Waals surface area contributed by atoms with Gasteiger partial charge >= 0.3 is 0 Å². The number of hydrogen-bond donors (Lipinski definition) is 2. The molecule has 0 aromatic heterocycles. The van der Waals surface area contributed by atoms with Crippen LogP contribution in [-0.4, -0.2) is 14.3 Å². The van der Waals surface area contributed by atoms with Gasteiger partial charge in [0.05, 0.1) is 10.9 Å². The lowest BCUT2D eigenvalue weighted by atomic mass is 10.0. The van der Waals surface area contributed by atoms with E-state index in [1.807, 2.05) is 57.2 Å². The van der Waals surface area contributed by atoms with Gasteiger partial charge in [0, 0.05) is 11.3 Å². The van der Waals surface area contributed by atoms with Crippen molar-refractivity contribution in [2.45, 2.75) is 38.1 Å². The van der Waals surface area contributed by atoms with E-state index < -0.39 is 10.0 Å². The molecule has 3 rings (SSSR count). The normalized spacial score (nSPS) is 12.2. The van der Waals surface area contributed by atoms with E-state index >= 15 is 0 Å². The monoisotopic (exact) mass is 422 g/mol. The van der Waals surface area contributed by atoms with Gasteiger partial charge in [-0.15, -0.1) is 0 Å². The second-order valence-electron chi connectivity index (χ2n) is 7.34. The first-order chi connectivity index (χ1) is 14.3. The number of amides is 1. The lowest BCUT2D eigenvalue weighted by Crippen LogP contribution is -2.28. The number of hydrogen-bond acceptors (Lipinski definition) is 3. The second-order valence-corrected chi connectivity index (χ2v) is 9.03. The lowest BCUT2D eigenvalue weighted by molar-refractivity contribution is 0.0935. The Kier molecular flexibility index (Phi) is 6.57. The Labute approximate surface area is 178 Å². The highest BCUT2D eigenvalue weighted by Gasteiger charge is 2.18. The van der Waals surface area contributed by atoms with Crippen LogP contribution in [-0.2, 0) is 10.0 Å². The van der Waals surface area contributed by atoms with Gasteiger partial charge in [-0.05, 0) is 56.2 Å². The fraction of sp³-hybridized carbons (Fsp3) is 0.208. The summed E-state index contributed by atoms with van der Waals surface area (Å²) in [4.78, 5) is 12.8. The van der Waals surface area contributed by atoms with Gasteiger partial charge < -0.3 is 5.32 Å². The number of carbonyl (C=O) groups is 1. The van der Waals surface area contributed by atoms with Crippen molar-refractivity contribution in [3.63, 3.8) is 0 Å². The van der Waals surface area contributed by atoms with Crippen molar-refractivity contribution in [3.05, 3.63) is 95.1 Å². The van der Waals surface area contributed by atoms with Gasteiger partial charge in [0.2, 0.25) is 0 Å². The molecule has 0 aliphatic rings. The molecule has 0 fully saturated rings. The van der Waals surface area contributed by atoms with Crippen molar-refractivity contribution in [1.29, 1.82) is 0 Å². The van der Waals surface area contributed by atoms with Crippen molar-refractivity contribution in [2.75, 3.05) is 4.72 Å².